The third-order valence-electron chi connectivity index (χ3n) is 4.84. The Bertz CT molecular complexity index is 721. The SMILES string of the molecule is CN=C(NCc1cc(OC)c(O)c(OC)c1)N1CC(=O)N(C(C)C)C(C)(C)C1. The van der Waals surface area contributed by atoms with Crippen LogP contribution in [-0.2, 0) is 11.3 Å². The molecule has 1 aliphatic rings. The molecular weight excluding hydrogens is 360 g/mol. The number of nitrogens with zero attached hydrogens (tertiary/aromatic N) is 3. The van der Waals surface area contributed by atoms with E-state index in [0.29, 0.717) is 30.5 Å². The van der Waals surface area contributed by atoms with Gasteiger partial charge < -0.3 is 29.7 Å². The summed E-state index contributed by atoms with van der Waals surface area (Å²) in [4.78, 5) is 21.0. The maximum Gasteiger partial charge on any atom is 0.242 e. The van der Waals surface area contributed by atoms with Crippen molar-refractivity contribution in [2.24, 2.45) is 4.99 Å². The number of amides is 1. The second kappa shape index (κ2) is 8.58. The highest BCUT2D eigenvalue weighted by Crippen LogP contribution is 2.37. The van der Waals surface area contributed by atoms with Crippen LogP contribution in [0.4, 0.5) is 0 Å². The van der Waals surface area contributed by atoms with E-state index in [1.54, 1.807) is 19.2 Å². The molecule has 1 heterocycles. The van der Waals surface area contributed by atoms with Gasteiger partial charge >= 0.3 is 0 Å². The van der Waals surface area contributed by atoms with E-state index >= 15 is 0 Å². The normalized spacial score (nSPS) is 17.1. The van der Waals surface area contributed by atoms with Crippen LogP contribution >= 0.6 is 0 Å². The number of hydrogen-bond acceptors (Lipinski definition) is 5. The Balaban J connectivity index is 2.15. The van der Waals surface area contributed by atoms with Crippen molar-refractivity contribution >= 4 is 11.9 Å². The molecule has 1 aliphatic heterocycles. The highest BCUT2D eigenvalue weighted by Gasteiger charge is 2.40. The van der Waals surface area contributed by atoms with Crippen LogP contribution in [0.25, 0.3) is 0 Å². The fraction of sp³-hybridized carbons (Fsp3) is 0.600. The second-order valence-corrected chi connectivity index (χ2v) is 7.78. The second-order valence-electron chi connectivity index (χ2n) is 7.78. The van der Waals surface area contributed by atoms with Gasteiger partial charge in [0.05, 0.1) is 26.3 Å². The van der Waals surface area contributed by atoms with Crippen LogP contribution in [0.15, 0.2) is 17.1 Å². The number of benzene rings is 1. The van der Waals surface area contributed by atoms with Crippen LogP contribution in [-0.4, -0.2) is 72.7 Å². The first-order valence-corrected chi connectivity index (χ1v) is 9.36. The highest BCUT2D eigenvalue weighted by molar-refractivity contribution is 5.88. The molecule has 8 nitrogen and oxygen atoms in total. The van der Waals surface area contributed by atoms with Crippen molar-refractivity contribution in [3.05, 3.63) is 17.7 Å². The van der Waals surface area contributed by atoms with Gasteiger partial charge in [0.25, 0.3) is 0 Å². The van der Waals surface area contributed by atoms with Gasteiger partial charge in [0.1, 0.15) is 0 Å². The largest absolute Gasteiger partial charge is 0.502 e. The summed E-state index contributed by atoms with van der Waals surface area (Å²) in [5, 5.41) is 13.3. The molecule has 0 unspecified atom stereocenters. The predicted molar refractivity (Wildman–Crippen MR) is 109 cm³/mol. The first-order chi connectivity index (χ1) is 13.1. The molecule has 8 heteroatoms. The van der Waals surface area contributed by atoms with Crippen LogP contribution in [0.2, 0.25) is 0 Å². The number of ether oxygens (including phenoxy) is 2. The number of aromatic hydroxyl groups is 1. The van der Waals surface area contributed by atoms with Crippen LogP contribution < -0.4 is 14.8 Å². The van der Waals surface area contributed by atoms with Crippen LogP contribution in [0.3, 0.4) is 0 Å². The number of hydrogen-bond donors (Lipinski definition) is 2. The Labute approximate surface area is 167 Å². The topological polar surface area (TPSA) is 86.6 Å². The van der Waals surface area contributed by atoms with E-state index in [-0.39, 0.29) is 29.8 Å². The zero-order valence-corrected chi connectivity index (χ0v) is 17.9. The fourth-order valence-corrected chi connectivity index (χ4v) is 3.88. The Morgan fingerprint density at radius 1 is 1.29 bits per heavy atom. The molecule has 1 amide bonds. The number of guanidine groups is 1. The number of methoxy groups -OCH3 is 2. The van der Waals surface area contributed by atoms with E-state index in [0.717, 1.165) is 5.56 Å². The first kappa shape index (κ1) is 21.7. The molecule has 0 spiro atoms. The third kappa shape index (κ3) is 4.43. The molecule has 2 N–H and O–H groups in total. The first-order valence-electron chi connectivity index (χ1n) is 9.36. The summed E-state index contributed by atoms with van der Waals surface area (Å²) in [6.07, 6.45) is 0. The van der Waals surface area contributed by atoms with Gasteiger partial charge in [0.2, 0.25) is 11.7 Å². The number of aliphatic imine (C=N–C) groups is 1. The molecule has 0 aliphatic carbocycles. The van der Waals surface area contributed by atoms with Gasteiger partial charge in [0.15, 0.2) is 17.5 Å². The molecule has 0 radical (unpaired) electrons. The minimum Gasteiger partial charge on any atom is -0.502 e. The monoisotopic (exact) mass is 392 g/mol. The molecular formula is C20H32N4O4. The highest BCUT2D eigenvalue weighted by atomic mass is 16.5. The Hall–Kier alpha value is -2.64. The van der Waals surface area contributed by atoms with Gasteiger partial charge in [-0.2, -0.15) is 0 Å². The number of phenolic OH excluding ortho intramolecular Hbond substituents is 1. The summed E-state index contributed by atoms with van der Waals surface area (Å²) >= 11 is 0. The zero-order chi connectivity index (χ0) is 21.1. The summed E-state index contributed by atoms with van der Waals surface area (Å²) in [6, 6.07) is 3.63. The van der Waals surface area contributed by atoms with E-state index in [2.05, 4.69) is 24.2 Å². The number of phenols is 1. The summed E-state index contributed by atoms with van der Waals surface area (Å²) in [5.74, 6) is 1.38. The van der Waals surface area contributed by atoms with Crippen LogP contribution in [0, 0.1) is 0 Å². The molecule has 0 bridgehead atoms. The van der Waals surface area contributed by atoms with E-state index in [9.17, 15) is 9.90 Å². The molecule has 1 aromatic carbocycles. The maximum atomic E-state index is 12.7. The summed E-state index contributed by atoms with van der Waals surface area (Å²) in [5.41, 5.74) is 0.561. The van der Waals surface area contributed by atoms with Crippen molar-refractivity contribution in [1.82, 2.24) is 15.1 Å². The molecule has 1 fully saturated rings. The predicted octanol–water partition coefficient (Wildman–Crippen LogP) is 1.82. The van der Waals surface area contributed by atoms with E-state index < -0.39 is 0 Å². The van der Waals surface area contributed by atoms with Crippen LogP contribution in [0.1, 0.15) is 33.3 Å². The van der Waals surface area contributed by atoms with Crippen molar-refractivity contribution in [2.45, 2.75) is 45.8 Å². The van der Waals surface area contributed by atoms with Crippen molar-refractivity contribution in [1.29, 1.82) is 0 Å². The van der Waals surface area contributed by atoms with Crippen molar-refractivity contribution in [2.75, 3.05) is 34.4 Å². The number of nitrogens with one attached hydrogen (secondary N) is 1. The molecule has 0 aromatic heterocycles. The number of carbonyl (C=O) groups is 1. The molecule has 0 saturated carbocycles. The van der Waals surface area contributed by atoms with E-state index in [1.807, 2.05) is 23.6 Å². The number of rotatable bonds is 5. The molecule has 0 atom stereocenters. The maximum absolute atomic E-state index is 12.7. The van der Waals surface area contributed by atoms with Gasteiger partial charge in [-0.1, -0.05) is 0 Å². The lowest BCUT2D eigenvalue weighted by molar-refractivity contribution is -0.145. The van der Waals surface area contributed by atoms with E-state index in [1.165, 1.54) is 14.2 Å². The lowest BCUT2D eigenvalue weighted by Crippen LogP contribution is -2.66. The standard InChI is InChI=1S/C20H32N4O4/c1-13(2)24-17(25)11-23(12-20(24,3)4)19(21-5)22-10-14-8-15(27-6)18(26)16(9-14)28-7/h8-9,13,26H,10-12H2,1-7H3,(H,21,22). The average molecular weight is 393 g/mol. The molecule has 28 heavy (non-hydrogen) atoms. The van der Waals surface area contributed by atoms with Gasteiger partial charge in [-0.25, -0.2) is 0 Å². The quantitative estimate of drug-likeness (QED) is 0.587. The smallest absolute Gasteiger partial charge is 0.242 e. The Morgan fingerprint density at radius 3 is 2.29 bits per heavy atom. The minimum atomic E-state index is -0.300. The molecule has 1 saturated heterocycles. The van der Waals surface area contributed by atoms with Gasteiger partial charge in [-0.3, -0.25) is 9.79 Å². The lowest BCUT2D eigenvalue weighted by Gasteiger charge is -2.49. The lowest BCUT2D eigenvalue weighted by atomic mass is 9.96. The number of carbonyl (C=O) groups excluding carboxylic acids is 1. The van der Waals surface area contributed by atoms with Crippen molar-refractivity contribution < 1.29 is 19.4 Å². The summed E-state index contributed by atoms with van der Waals surface area (Å²) in [6.45, 7) is 9.61. The van der Waals surface area contributed by atoms with Gasteiger partial charge in [0, 0.05) is 26.2 Å². The van der Waals surface area contributed by atoms with E-state index in [4.69, 9.17) is 9.47 Å². The van der Waals surface area contributed by atoms with Crippen molar-refractivity contribution in [3.63, 3.8) is 0 Å². The zero-order valence-electron chi connectivity index (χ0n) is 17.9. The molecule has 156 valence electrons. The Morgan fingerprint density at radius 2 is 1.86 bits per heavy atom. The number of piperazine rings is 1. The van der Waals surface area contributed by atoms with Gasteiger partial charge in [-0.05, 0) is 45.4 Å². The van der Waals surface area contributed by atoms with Gasteiger partial charge in [-0.15, -0.1) is 0 Å². The average Bonchev–Trinajstić information content (AvgIpc) is 2.61. The molecule has 1 aromatic rings. The Kier molecular flexibility index (Phi) is 6.64. The summed E-state index contributed by atoms with van der Waals surface area (Å²) in [7, 11) is 4.69. The summed E-state index contributed by atoms with van der Waals surface area (Å²) < 4.78 is 10.4. The third-order valence-corrected chi connectivity index (χ3v) is 4.84. The van der Waals surface area contributed by atoms with Crippen molar-refractivity contribution in [3.8, 4) is 17.2 Å². The molecule has 2 rings (SSSR count). The minimum absolute atomic E-state index is 0.0321. The van der Waals surface area contributed by atoms with Crippen LogP contribution in [0.5, 0.6) is 17.2 Å². The fourth-order valence-electron chi connectivity index (χ4n) is 3.88.